The Morgan fingerprint density at radius 3 is 1.53 bits per heavy atom. The van der Waals surface area contributed by atoms with Crippen LogP contribution in [0.25, 0.3) is 78.1 Å². The zero-order valence-corrected chi connectivity index (χ0v) is 69.5. The minimum atomic E-state index is -0.409. The van der Waals surface area contributed by atoms with E-state index in [0.717, 1.165) is 67.9 Å². The smallest absolute Gasteiger partial charge is 0.484 e. The second-order valence-electron chi connectivity index (χ2n) is 26.8. The minimum absolute atomic E-state index is 0.0163. The Hall–Kier alpha value is -12.2. The summed E-state index contributed by atoms with van der Waals surface area (Å²) in [5, 5.41) is 70.0. The number of halogens is 6. The third-order valence-corrected chi connectivity index (χ3v) is 20.4. The van der Waals surface area contributed by atoms with Gasteiger partial charge in [0, 0.05) is 143 Å². The summed E-state index contributed by atoms with van der Waals surface area (Å²) in [7, 11) is 12.6. The van der Waals surface area contributed by atoms with Crippen molar-refractivity contribution in [3.8, 4) is 56.5 Å². The molecule has 1 saturated heterocycles. The molecule has 0 unspecified atom stereocenters. The van der Waals surface area contributed by atoms with Crippen LogP contribution in [0, 0.1) is 16.4 Å². The molecule has 1 amide bonds. The van der Waals surface area contributed by atoms with Gasteiger partial charge in [0.1, 0.15) is 29.6 Å². The van der Waals surface area contributed by atoms with E-state index < -0.39 is 5.82 Å². The van der Waals surface area contributed by atoms with Gasteiger partial charge in [0.25, 0.3) is 5.91 Å². The number of carbonyl (C=O) groups is 1. The molecule has 3 aliphatic rings. The van der Waals surface area contributed by atoms with Gasteiger partial charge in [-0.2, -0.15) is 49.8 Å². The first-order valence-corrected chi connectivity index (χ1v) is 38.0. The number of rotatable bonds is 8. The molecular formula is C73H69BBrCl3F2N30O5S2. The number of fused-ring (bicyclic) bond motifs is 8. The maximum absolute atomic E-state index is 15.0. The third kappa shape index (κ3) is 19.3. The second kappa shape index (κ2) is 35.5. The number of hydrogen-bond acceptors (Lipinski definition) is 28. The molecule has 0 spiro atoms. The lowest BCUT2D eigenvalue weighted by atomic mass is 9.82. The molecule has 1 fully saturated rings. The first-order chi connectivity index (χ1) is 55.9. The number of amides is 1. The van der Waals surface area contributed by atoms with Crippen LogP contribution in [0.15, 0.2) is 186 Å². The molecule has 0 aliphatic carbocycles. The van der Waals surface area contributed by atoms with Gasteiger partial charge in [-0.05, 0) is 140 Å². The monoisotopic (exact) mass is 1740 g/mol. The SMILES string of the molecule is C=C1COc2c(cnc3cc(F)c(Sc4nnc5ccc(-c6cnn(C)c6)nn45)cc23)N1C.CN1C(=O)COc2c1cnc1cc(F)c(Br)cc21.Clc1ccc(Cl)nn1.Cn1cc(-c2ccc(Cl)nn2)cn1.Cn1cc(-c2ccc(NN)nn2)cn1.Cn1cc(-c2ccc3n[nH]c(=S)n3n2)cn1.Cn1cc(B2OC(C)(C)C(C)(C)O2)cn1. The van der Waals surface area contributed by atoms with Crippen molar-refractivity contribution in [1.29, 1.82) is 0 Å². The molecular weight excluding hydrogens is 1680 g/mol. The van der Waals surface area contributed by atoms with Gasteiger partial charge < -0.3 is 34.0 Å². The number of hydrazine groups is 1. The largest absolute Gasteiger partial charge is 0.498 e. The van der Waals surface area contributed by atoms with Crippen LogP contribution in [-0.4, -0.2) is 181 Å². The molecule has 44 heteroatoms. The van der Waals surface area contributed by atoms with Crippen LogP contribution in [0.3, 0.4) is 0 Å². The van der Waals surface area contributed by atoms with Crippen LogP contribution in [0.4, 0.5) is 26.0 Å². The maximum atomic E-state index is 15.0. The molecule has 0 radical (unpaired) electrons. The summed E-state index contributed by atoms with van der Waals surface area (Å²) in [5.41, 5.74) is 14.1. The number of nitrogens with zero attached hydrogens (tertiary/aromatic N) is 27. The molecule has 17 heterocycles. The van der Waals surface area contributed by atoms with Crippen molar-refractivity contribution in [3.63, 3.8) is 0 Å². The summed E-state index contributed by atoms with van der Waals surface area (Å²) in [4.78, 5) is 23.9. The molecule has 19 rings (SSSR count). The van der Waals surface area contributed by atoms with Crippen molar-refractivity contribution in [3.05, 3.63) is 208 Å². The van der Waals surface area contributed by atoms with Crippen molar-refractivity contribution in [1.82, 2.24) is 129 Å². The van der Waals surface area contributed by atoms with Crippen LogP contribution in [0.2, 0.25) is 15.5 Å². The number of nitrogen functional groups attached to an aromatic ring is 1. The number of aromatic amines is 1. The highest BCUT2D eigenvalue weighted by Crippen LogP contribution is 2.43. The Bertz CT molecular complexity index is 6310. The van der Waals surface area contributed by atoms with Gasteiger partial charge in [-0.1, -0.05) is 41.4 Å². The van der Waals surface area contributed by atoms with E-state index in [1.165, 1.54) is 23.2 Å². The summed E-state index contributed by atoms with van der Waals surface area (Å²) in [6.45, 7) is 12.5. The normalized spacial score (nSPS) is 13.6. The van der Waals surface area contributed by atoms with E-state index in [-0.39, 0.29) is 36.7 Å². The quantitative estimate of drug-likeness (QED) is 0.0550. The number of hydrogen-bond donors (Lipinski definition) is 3. The van der Waals surface area contributed by atoms with Gasteiger partial charge in [-0.15, -0.1) is 40.8 Å². The number of aromatic nitrogens is 26. The van der Waals surface area contributed by atoms with Gasteiger partial charge in [-0.3, -0.25) is 38.2 Å². The highest BCUT2D eigenvalue weighted by Gasteiger charge is 2.52. The van der Waals surface area contributed by atoms with E-state index in [0.29, 0.717) is 103 Å². The summed E-state index contributed by atoms with van der Waals surface area (Å²) in [6.07, 6.45) is 21.4. The van der Waals surface area contributed by atoms with Crippen molar-refractivity contribution in [2.45, 2.75) is 48.9 Å². The van der Waals surface area contributed by atoms with E-state index >= 15 is 4.39 Å². The first-order valence-electron chi connectivity index (χ1n) is 34.9. The van der Waals surface area contributed by atoms with E-state index in [1.807, 2.05) is 142 Å². The van der Waals surface area contributed by atoms with Crippen molar-refractivity contribution in [2.75, 3.05) is 42.5 Å². The molecule has 2 aromatic carbocycles. The fourth-order valence-corrected chi connectivity index (χ4v) is 12.7. The highest BCUT2D eigenvalue weighted by atomic mass is 79.9. The van der Waals surface area contributed by atoms with Crippen molar-refractivity contribution >= 4 is 143 Å². The molecule has 0 bridgehead atoms. The number of aryl methyl sites for hydroxylation is 5. The molecule has 3 aliphatic heterocycles. The molecule has 0 saturated carbocycles. The lowest BCUT2D eigenvalue weighted by Crippen LogP contribution is -2.41. The lowest BCUT2D eigenvalue weighted by molar-refractivity contribution is -0.120. The maximum Gasteiger partial charge on any atom is 0.498 e. The number of carbonyl (C=O) groups excluding carboxylic acids is 1. The Labute approximate surface area is 697 Å². The summed E-state index contributed by atoms with van der Waals surface area (Å²) >= 11 is 25.7. The predicted molar refractivity (Wildman–Crippen MR) is 443 cm³/mol. The third-order valence-electron chi connectivity index (χ3n) is 18.0. The fraction of sp³-hybridized carbons (Fsp3) is 0.205. The van der Waals surface area contributed by atoms with Gasteiger partial charge in [-0.25, -0.2) is 19.7 Å². The van der Waals surface area contributed by atoms with Gasteiger partial charge in [0.2, 0.25) is 9.93 Å². The first kappa shape index (κ1) is 82.8. The fourth-order valence-electron chi connectivity index (χ4n) is 11.1. The van der Waals surface area contributed by atoms with E-state index in [2.05, 4.69) is 125 Å². The van der Waals surface area contributed by atoms with E-state index in [1.54, 1.807) is 113 Å². The number of nitrogens with two attached hydrogens (primary N) is 1. The van der Waals surface area contributed by atoms with Crippen LogP contribution in [0.1, 0.15) is 27.7 Å². The van der Waals surface area contributed by atoms with Gasteiger partial charge in [0.15, 0.2) is 50.7 Å². The second-order valence-corrected chi connectivity index (χ2v) is 30.2. The van der Waals surface area contributed by atoms with Crippen LogP contribution in [-0.2, 0) is 49.3 Å². The standard InChI is InChI=1S/C22H17FN8OS.C12H8BrFN2O2.C10H17BN2O2.C9H8N6S.C8H7ClN4.C8H10N6.C4H2Cl2N2/c1-12-11-32-21-14-6-19(15(23)7-17(14)24-9-18(21)30(12)3)33-22-27-26-20-5-4-16(28-31(20)22)13-8-25-29(2)10-13;1-16-10-4-15-9-3-8(14)7(13)2-6(9)12(10)18-5-11(16)17;1-9(2)10(3,4)15-11(14-9)8-6-12-13(5)7-8;1-14-5-6(4-10-14)7-2-3-8-11-12-9(16)15(8)13-7;1-13-5-6(4-10-13)7-2-3-8(9)12-11-7;1-14-5-6(4-10-14)7-2-3-8(11-9)13-12-7;5-3-1-2-4(6)8-7-3/h4-10H,1,11H2,2-3H3;2-4H,5H2,1H3;6-7H,1-5H3;2-5H,1H3,(H,12,16);2-5H,1H3;2-5H,9H2,1H3,(H,11,13);1-2H. The molecule has 4 N–H and O–H groups in total. The molecule has 14 aromatic heterocycles. The number of anilines is 3. The predicted octanol–water partition coefficient (Wildman–Crippen LogP) is 11.6. The summed E-state index contributed by atoms with van der Waals surface area (Å²) < 4.78 is 64.2. The minimum Gasteiger partial charge on any atom is -0.484 e. The number of likely N-dealkylation sites (N-methyl/N-ethyl adjacent to an activating group) is 2. The Kier molecular flexibility index (Phi) is 25.1. The van der Waals surface area contributed by atoms with E-state index in [4.69, 9.17) is 71.6 Å². The summed E-state index contributed by atoms with van der Waals surface area (Å²) in [5.74, 6) is 6.00. The zero-order chi connectivity index (χ0) is 83.1. The van der Waals surface area contributed by atoms with Crippen LogP contribution < -0.4 is 36.0 Å². The Morgan fingerprint density at radius 1 is 0.556 bits per heavy atom. The van der Waals surface area contributed by atoms with Crippen LogP contribution in [0.5, 0.6) is 11.5 Å². The number of ether oxygens (including phenoxy) is 2. The Balaban J connectivity index is 0.000000124. The topological polar surface area (TPSA) is 380 Å². The van der Waals surface area contributed by atoms with Crippen molar-refractivity contribution < 1.29 is 32.4 Å². The number of benzene rings is 2. The average molecular weight is 1750 g/mol. The zero-order valence-electron chi connectivity index (χ0n) is 64.0. The molecule has 35 nitrogen and oxygen atoms in total. The molecule has 0 atom stereocenters. The average Bonchev–Trinajstić information content (AvgIpc) is 1.70. The lowest BCUT2D eigenvalue weighted by Gasteiger charge is -2.32. The van der Waals surface area contributed by atoms with Gasteiger partial charge in [0.05, 0.1) is 91.6 Å². The molecule has 16 aromatic rings. The molecule has 598 valence electrons. The highest BCUT2D eigenvalue weighted by molar-refractivity contribution is 9.10. The summed E-state index contributed by atoms with van der Waals surface area (Å²) in [6, 6.07) is 23.8. The van der Waals surface area contributed by atoms with E-state index in [9.17, 15) is 9.18 Å². The van der Waals surface area contributed by atoms with Gasteiger partial charge >= 0.3 is 7.12 Å². The number of H-pyrrole nitrogens is 1. The van der Waals surface area contributed by atoms with Crippen molar-refractivity contribution in [2.24, 2.45) is 41.1 Å². The molecule has 117 heavy (non-hydrogen) atoms. The number of pyridine rings is 2. The Morgan fingerprint density at radius 2 is 1.03 bits per heavy atom. The van der Waals surface area contributed by atoms with Crippen LogP contribution >= 0.6 is 74.7 Å². The number of nitrogens with one attached hydrogen (secondary N) is 2.